The quantitative estimate of drug-likeness (QED) is 0.649. The number of rotatable bonds is 4. The van der Waals surface area contributed by atoms with Crippen molar-refractivity contribution in [3.05, 3.63) is 35.5 Å². The third-order valence-electron chi connectivity index (χ3n) is 4.52. The number of nitrogens with one attached hydrogen (secondary N) is 1. The van der Waals surface area contributed by atoms with E-state index in [2.05, 4.69) is 9.71 Å². The van der Waals surface area contributed by atoms with Gasteiger partial charge in [0, 0.05) is 11.4 Å². The number of pyridine rings is 1. The van der Waals surface area contributed by atoms with E-state index in [1.807, 2.05) is 0 Å². The van der Waals surface area contributed by atoms with Crippen LogP contribution in [0.15, 0.2) is 35.2 Å². The van der Waals surface area contributed by atoms with Crippen molar-refractivity contribution in [3.8, 4) is 0 Å². The Morgan fingerprint density at radius 3 is 2.60 bits per heavy atom. The summed E-state index contributed by atoms with van der Waals surface area (Å²) in [5.41, 5.74) is 0.644. The van der Waals surface area contributed by atoms with Crippen LogP contribution in [0.5, 0.6) is 0 Å². The fourth-order valence-corrected chi connectivity index (χ4v) is 4.64. The molecule has 0 bridgehead atoms. The van der Waals surface area contributed by atoms with Crippen molar-refractivity contribution in [1.82, 2.24) is 9.71 Å². The molecule has 1 N–H and O–H groups in total. The Balaban J connectivity index is 1.72. The summed E-state index contributed by atoms with van der Waals surface area (Å²) in [6.07, 6.45) is 2.48. The van der Waals surface area contributed by atoms with Crippen molar-refractivity contribution in [2.24, 2.45) is 5.92 Å². The Morgan fingerprint density at radius 1 is 1.20 bits per heavy atom. The largest absolute Gasteiger partial charge is 0.469 e. The summed E-state index contributed by atoms with van der Waals surface area (Å²) in [5.74, 6) is -0.357. The van der Waals surface area contributed by atoms with Gasteiger partial charge in [0.1, 0.15) is 5.15 Å². The fourth-order valence-electron chi connectivity index (χ4n) is 3.15. The van der Waals surface area contributed by atoms with Crippen LogP contribution in [-0.4, -0.2) is 32.5 Å². The lowest BCUT2D eigenvalue weighted by atomic mass is 9.86. The van der Waals surface area contributed by atoms with Gasteiger partial charge in [-0.1, -0.05) is 11.6 Å². The minimum Gasteiger partial charge on any atom is -0.469 e. The van der Waals surface area contributed by atoms with Gasteiger partial charge < -0.3 is 4.74 Å². The molecule has 2 aromatic rings. The highest BCUT2D eigenvalue weighted by atomic mass is 35.5. The van der Waals surface area contributed by atoms with Gasteiger partial charge in [-0.05, 0) is 56.0 Å². The molecule has 1 saturated carbocycles. The number of carbonyl (C=O) groups excluding carboxylic acids is 1. The molecule has 1 aromatic carbocycles. The summed E-state index contributed by atoms with van der Waals surface area (Å²) in [6.45, 7) is 0. The zero-order chi connectivity index (χ0) is 18.0. The Kier molecular flexibility index (Phi) is 5.27. The molecule has 1 aromatic heterocycles. The molecule has 6 nitrogen and oxygen atoms in total. The van der Waals surface area contributed by atoms with Gasteiger partial charge in [-0.3, -0.25) is 4.79 Å². The lowest BCUT2D eigenvalue weighted by Gasteiger charge is -2.27. The van der Waals surface area contributed by atoms with Crippen LogP contribution in [0.4, 0.5) is 0 Å². The van der Waals surface area contributed by atoms with E-state index in [1.165, 1.54) is 13.2 Å². The molecule has 0 radical (unpaired) electrons. The number of fused-ring (bicyclic) bond motifs is 1. The minimum atomic E-state index is -3.63. The first kappa shape index (κ1) is 18.1. The standard InChI is InChI=1S/C17H19ClN2O4S/c1-24-17(21)11-2-5-13(6-3-11)20-25(22,23)14-7-8-15-12(10-14)4-9-16(18)19-15/h4,7-11,13,20H,2-3,5-6H2,1H3/t11-,13-. The predicted molar refractivity (Wildman–Crippen MR) is 94.8 cm³/mol. The third-order valence-corrected chi connectivity index (χ3v) is 6.25. The average molecular weight is 383 g/mol. The first-order chi connectivity index (χ1) is 11.9. The van der Waals surface area contributed by atoms with E-state index in [0.717, 1.165) is 0 Å². The molecule has 0 atom stereocenters. The highest BCUT2D eigenvalue weighted by Crippen LogP contribution is 2.27. The van der Waals surface area contributed by atoms with Gasteiger partial charge in [0.2, 0.25) is 10.0 Å². The molecule has 1 aliphatic carbocycles. The molecule has 1 aliphatic rings. The molecule has 1 fully saturated rings. The second kappa shape index (κ2) is 7.27. The molecule has 0 aliphatic heterocycles. The number of nitrogens with zero attached hydrogens (tertiary/aromatic N) is 1. The smallest absolute Gasteiger partial charge is 0.308 e. The van der Waals surface area contributed by atoms with Crippen LogP contribution < -0.4 is 4.72 Å². The minimum absolute atomic E-state index is 0.137. The number of ether oxygens (including phenoxy) is 1. The van der Waals surface area contributed by atoms with Crippen LogP contribution in [0.25, 0.3) is 10.9 Å². The number of sulfonamides is 1. The molecule has 0 saturated heterocycles. The van der Waals surface area contributed by atoms with Crippen molar-refractivity contribution in [3.63, 3.8) is 0 Å². The Hall–Kier alpha value is -1.70. The van der Waals surface area contributed by atoms with Crippen LogP contribution in [0, 0.1) is 5.92 Å². The van der Waals surface area contributed by atoms with E-state index >= 15 is 0 Å². The number of carbonyl (C=O) groups is 1. The lowest BCUT2D eigenvalue weighted by Crippen LogP contribution is -2.38. The van der Waals surface area contributed by atoms with E-state index in [4.69, 9.17) is 16.3 Å². The van der Waals surface area contributed by atoms with Gasteiger partial charge >= 0.3 is 5.97 Å². The monoisotopic (exact) mass is 382 g/mol. The predicted octanol–water partition coefficient (Wildman–Crippen LogP) is 2.90. The van der Waals surface area contributed by atoms with Crippen molar-refractivity contribution < 1.29 is 17.9 Å². The van der Waals surface area contributed by atoms with E-state index in [9.17, 15) is 13.2 Å². The Labute approximate surface area is 151 Å². The number of hydrogen-bond donors (Lipinski definition) is 1. The van der Waals surface area contributed by atoms with Crippen molar-refractivity contribution >= 4 is 38.5 Å². The second-order valence-electron chi connectivity index (χ2n) is 6.18. The second-order valence-corrected chi connectivity index (χ2v) is 8.28. The van der Waals surface area contributed by atoms with Gasteiger partial charge in [0.05, 0.1) is 23.4 Å². The molecule has 0 amide bonds. The summed E-state index contributed by atoms with van der Waals surface area (Å²) in [6, 6.07) is 7.94. The number of benzene rings is 1. The molecule has 25 heavy (non-hydrogen) atoms. The summed E-state index contributed by atoms with van der Waals surface area (Å²) >= 11 is 5.85. The van der Waals surface area contributed by atoms with Crippen LogP contribution in [-0.2, 0) is 19.6 Å². The van der Waals surface area contributed by atoms with Gasteiger partial charge in [-0.25, -0.2) is 18.1 Å². The number of esters is 1. The number of hydrogen-bond acceptors (Lipinski definition) is 5. The lowest BCUT2D eigenvalue weighted by molar-refractivity contribution is -0.146. The third kappa shape index (κ3) is 4.11. The first-order valence-electron chi connectivity index (χ1n) is 8.05. The molecule has 8 heteroatoms. The van der Waals surface area contributed by atoms with E-state index in [-0.39, 0.29) is 22.8 Å². The van der Waals surface area contributed by atoms with Crippen LogP contribution in [0.1, 0.15) is 25.7 Å². The summed E-state index contributed by atoms with van der Waals surface area (Å²) in [7, 11) is -2.26. The number of methoxy groups -OCH3 is 1. The first-order valence-corrected chi connectivity index (χ1v) is 9.91. The summed E-state index contributed by atoms with van der Waals surface area (Å²) < 4.78 is 32.8. The van der Waals surface area contributed by atoms with Crippen molar-refractivity contribution in [2.75, 3.05) is 7.11 Å². The molecular weight excluding hydrogens is 364 g/mol. The summed E-state index contributed by atoms with van der Waals surface area (Å²) in [4.78, 5) is 15.9. The molecule has 0 unspecified atom stereocenters. The normalized spacial score (nSPS) is 21.2. The zero-order valence-corrected chi connectivity index (χ0v) is 15.3. The van der Waals surface area contributed by atoms with E-state index < -0.39 is 10.0 Å². The van der Waals surface area contributed by atoms with E-state index in [0.29, 0.717) is 41.7 Å². The van der Waals surface area contributed by atoms with Gasteiger partial charge in [0.15, 0.2) is 0 Å². The summed E-state index contributed by atoms with van der Waals surface area (Å²) in [5, 5.41) is 1.07. The van der Waals surface area contributed by atoms with Gasteiger partial charge in [-0.15, -0.1) is 0 Å². The maximum Gasteiger partial charge on any atom is 0.308 e. The highest BCUT2D eigenvalue weighted by Gasteiger charge is 2.29. The van der Waals surface area contributed by atoms with Gasteiger partial charge in [0.25, 0.3) is 0 Å². The molecule has 0 spiro atoms. The van der Waals surface area contributed by atoms with Crippen LogP contribution in [0.2, 0.25) is 5.15 Å². The fraction of sp³-hybridized carbons (Fsp3) is 0.412. The molecule has 3 rings (SSSR count). The number of aromatic nitrogens is 1. The van der Waals surface area contributed by atoms with E-state index in [1.54, 1.807) is 24.3 Å². The number of halogens is 1. The van der Waals surface area contributed by atoms with Gasteiger partial charge in [-0.2, -0.15) is 0 Å². The van der Waals surface area contributed by atoms with Crippen LogP contribution in [0.3, 0.4) is 0 Å². The highest BCUT2D eigenvalue weighted by molar-refractivity contribution is 7.89. The SMILES string of the molecule is COC(=O)[C@H]1CC[C@H](NS(=O)(=O)c2ccc3nc(Cl)ccc3c2)CC1. The van der Waals surface area contributed by atoms with Crippen LogP contribution >= 0.6 is 11.6 Å². The maximum absolute atomic E-state index is 12.6. The van der Waals surface area contributed by atoms with Crippen molar-refractivity contribution in [2.45, 2.75) is 36.6 Å². The average Bonchev–Trinajstić information content (AvgIpc) is 2.60. The zero-order valence-electron chi connectivity index (χ0n) is 13.7. The Bertz CT molecular complexity index is 893. The Morgan fingerprint density at radius 2 is 1.92 bits per heavy atom. The topological polar surface area (TPSA) is 85.4 Å². The maximum atomic E-state index is 12.6. The van der Waals surface area contributed by atoms with Crippen molar-refractivity contribution in [1.29, 1.82) is 0 Å². The molecular formula is C17H19ClN2O4S. The molecule has 1 heterocycles. The molecule has 134 valence electrons.